The average molecular weight is 229 g/mol. The van der Waals surface area contributed by atoms with Crippen LogP contribution in [0.2, 0.25) is 10.2 Å². The molecule has 0 saturated heterocycles. The summed E-state index contributed by atoms with van der Waals surface area (Å²) in [6.45, 7) is 4.07. The molecule has 1 heterocycles. The topological polar surface area (TPSA) is 17.8 Å². The van der Waals surface area contributed by atoms with Crippen molar-refractivity contribution < 1.29 is 0 Å². The molecule has 0 amide bonds. The molecule has 0 N–H and O–H groups in total. The van der Waals surface area contributed by atoms with E-state index in [4.69, 9.17) is 23.2 Å². The highest BCUT2D eigenvalue weighted by molar-refractivity contribution is 6.41. The third kappa shape index (κ3) is 1.39. The molecule has 1 aromatic carbocycles. The maximum Gasteiger partial charge on any atom is 0.136 e. The van der Waals surface area contributed by atoms with E-state index in [1.54, 1.807) is 4.68 Å². The Hall–Kier alpha value is -0.730. The number of hydrogen-bond donors (Lipinski definition) is 0. The first-order valence-electron chi connectivity index (χ1n) is 4.43. The Labute approximate surface area is 92.4 Å². The molecular weight excluding hydrogens is 219 g/mol. The van der Waals surface area contributed by atoms with Crippen LogP contribution >= 0.6 is 23.2 Å². The van der Waals surface area contributed by atoms with Crippen LogP contribution in [-0.4, -0.2) is 9.78 Å². The molecule has 0 atom stereocenters. The van der Waals surface area contributed by atoms with Crippen molar-refractivity contribution in [2.75, 3.05) is 0 Å². The van der Waals surface area contributed by atoms with Crippen LogP contribution in [0.25, 0.3) is 10.9 Å². The van der Waals surface area contributed by atoms with Crippen LogP contribution in [0.4, 0.5) is 0 Å². The molecule has 0 aliphatic rings. The molecular formula is C10H10Cl2N2. The second-order valence-electron chi connectivity index (χ2n) is 3.46. The van der Waals surface area contributed by atoms with E-state index in [1.807, 2.05) is 32.0 Å². The minimum absolute atomic E-state index is 0.242. The van der Waals surface area contributed by atoms with E-state index in [1.165, 1.54) is 0 Å². The number of rotatable bonds is 1. The number of hydrogen-bond acceptors (Lipinski definition) is 1. The molecule has 1 aromatic heterocycles. The maximum atomic E-state index is 6.17. The Morgan fingerprint density at radius 2 is 2.00 bits per heavy atom. The van der Waals surface area contributed by atoms with Crippen LogP contribution in [0.5, 0.6) is 0 Å². The Morgan fingerprint density at radius 1 is 1.29 bits per heavy atom. The number of nitrogens with zero attached hydrogens (tertiary/aromatic N) is 2. The molecule has 0 aliphatic carbocycles. The van der Waals surface area contributed by atoms with Gasteiger partial charge in [0.2, 0.25) is 0 Å². The predicted octanol–water partition coefficient (Wildman–Crippen LogP) is 3.92. The Kier molecular flexibility index (Phi) is 2.41. The van der Waals surface area contributed by atoms with Gasteiger partial charge >= 0.3 is 0 Å². The number of halogens is 2. The van der Waals surface area contributed by atoms with Gasteiger partial charge in [-0.05, 0) is 26.0 Å². The lowest BCUT2D eigenvalue weighted by atomic mass is 10.2. The van der Waals surface area contributed by atoms with Gasteiger partial charge in [0.05, 0.1) is 15.9 Å². The third-order valence-corrected chi connectivity index (χ3v) is 2.78. The smallest absolute Gasteiger partial charge is 0.136 e. The zero-order chi connectivity index (χ0) is 10.3. The summed E-state index contributed by atoms with van der Waals surface area (Å²) in [6.07, 6.45) is 0. The lowest BCUT2D eigenvalue weighted by molar-refractivity contribution is 0.538. The molecule has 2 aromatic rings. The third-order valence-electron chi connectivity index (χ3n) is 2.10. The molecule has 0 saturated carbocycles. The van der Waals surface area contributed by atoms with Crippen LogP contribution in [0.15, 0.2) is 18.2 Å². The van der Waals surface area contributed by atoms with Gasteiger partial charge in [-0.1, -0.05) is 29.3 Å². The predicted molar refractivity (Wildman–Crippen MR) is 60.1 cm³/mol. The molecule has 2 nitrogen and oxygen atoms in total. The van der Waals surface area contributed by atoms with Crippen molar-refractivity contribution in [3.05, 3.63) is 28.4 Å². The monoisotopic (exact) mass is 228 g/mol. The van der Waals surface area contributed by atoms with Crippen molar-refractivity contribution in [3.63, 3.8) is 0 Å². The van der Waals surface area contributed by atoms with Gasteiger partial charge in [-0.25, -0.2) is 0 Å². The van der Waals surface area contributed by atoms with Crippen LogP contribution < -0.4 is 0 Å². The molecule has 0 spiro atoms. The molecule has 2 rings (SSSR count). The fraction of sp³-hybridized carbons (Fsp3) is 0.300. The van der Waals surface area contributed by atoms with Gasteiger partial charge in [0.1, 0.15) is 5.15 Å². The summed E-state index contributed by atoms with van der Waals surface area (Å²) < 4.78 is 1.78. The number of benzene rings is 1. The molecule has 14 heavy (non-hydrogen) atoms. The van der Waals surface area contributed by atoms with E-state index < -0.39 is 0 Å². The summed E-state index contributed by atoms with van der Waals surface area (Å²) in [7, 11) is 0. The van der Waals surface area contributed by atoms with Crippen molar-refractivity contribution in [2.45, 2.75) is 19.9 Å². The summed E-state index contributed by atoms with van der Waals surface area (Å²) >= 11 is 12.2. The van der Waals surface area contributed by atoms with E-state index in [-0.39, 0.29) is 6.04 Å². The fourth-order valence-electron chi connectivity index (χ4n) is 1.42. The molecule has 4 heteroatoms. The summed E-state index contributed by atoms with van der Waals surface area (Å²) in [5.74, 6) is 0. The number of aromatic nitrogens is 2. The second kappa shape index (κ2) is 3.44. The molecule has 0 fully saturated rings. The van der Waals surface area contributed by atoms with Crippen LogP contribution in [0.1, 0.15) is 19.9 Å². The quantitative estimate of drug-likeness (QED) is 0.724. The van der Waals surface area contributed by atoms with Crippen molar-refractivity contribution in [3.8, 4) is 0 Å². The van der Waals surface area contributed by atoms with Gasteiger partial charge in [0.25, 0.3) is 0 Å². The molecule has 0 aliphatic heterocycles. The van der Waals surface area contributed by atoms with Crippen LogP contribution in [-0.2, 0) is 0 Å². The highest BCUT2D eigenvalue weighted by Gasteiger charge is 2.13. The molecule has 0 bridgehead atoms. The first-order chi connectivity index (χ1) is 6.61. The first kappa shape index (κ1) is 9.81. The van der Waals surface area contributed by atoms with Crippen molar-refractivity contribution in [1.82, 2.24) is 9.78 Å². The van der Waals surface area contributed by atoms with Gasteiger partial charge in [0.15, 0.2) is 0 Å². The first-order valence-corrected chi connectivity index (χ1v) is 5.19. The normalized spacial score (nSPS) is 11.5. The van der Waals surface area contributed by atoms with Crippen molar-refractivity contribution in [2.24, 2.45) is 0 Å². The largest absolute Gasteiger partial charge is 0.250 e. The fourth-order valence-corrected chi connectivity index (χ4v) is 2.16. The van der Waals surface area contributed by atoms with Gasteiger partial charge < -0.3 is 0 Å². The summed E-state index contributed by atoms with van der Waals surface area (Å²) in [4.78, 5) is 0. The van der Waals surface area contributed by atoms with Crippen LogP contribution in [0, 0.1) is 0 Å². The molecule has 74 valence electrons. The summed E-state index contributed by atoms with van der Waals surface area (Å²) in [5, 5.41) is 6.47. The lowest BCUT2D eigenvalue weighted by Crippen LogP contribution is -2.01. The van der Waals surface area contributed by atoms with Gasteiger partial charge in [0, 0.05) is 6.04 Å². The number of fused-ring (bicyclic) bond motifs is 1. The van der Waals surface area contributed by atoms with E-state index in [0.717, 1.165) is 10.9 Å². The SMILES string of the molecule is CC(C)n1nc2cccc(Cl)c2c1Cl. The zero-order valence-electron chi connectivity index (χ0n) is 7.96. The standard InChI is InChI=1S/C10H10Cl2N2/c1-6(2)14-10(12)9-7(11)4-3-5-8(9)13-14/h3-6H,1-2H3. The second-order valence-corrected chi connectivity index (χ2v) is 4.23. The zero-order valence-corrected chi connectivity index (χ0v) is 9.47. The summed E-state index contributed by atoms with van der Waals surface area (Å²) in [5.41, 5.74) is 0.844. The Balaban J connectivity index is 2.81. The molecule has 0 radical (unpaired) electrons. The van der Waals surface area contributed by atoms with Crippen molar-refractivity contribution >= 4 is 34.1 Å². The highest BCUT2D eigenvalue weighted by Crippen LogP contribution is 2.31. The highest BCUT2D eigenvalue weighted by atomic mass is 35.5. The maximum absolute atomic E-state index is 6.17. The molecule has 0 unspecified atom stereocenters. The van der Waals surface area contributed by atoms with E-state index in [0.29, 0.717) is 10.2 Å². The van der Waals surface area contributed by atoms with Gasteiger partial charge in [-0.15, -0.1) is 0 Å². The van der Waals surface area contributed by atoms with Crippen LogP contribution in [0.3, 0.4) is 0 Å². The summed E-state index contributed by atoms with van der Waals surface area (Å²) in [6, 6.07) is 5.85. The van der Waals surface area contributed by atoms with E-state index >= 15 is 0 Å². The minimum atomic E-state index is 0.242. The Morgan fingerprint density at radius 3 is 2.57 bits per heavy atom. The average Bonchev–Trinajstić information content (AvgIpc) is 2.45. The minimum Gasteiger partial charge on any atom is -0.250 e. The Bertz CT molecular complexity index is 474. The van der Waals surface area contributed by atoms with Gasteiger partial charge in [-0.2, -0.15) is 5.10 Å². The lowest BCUT2D eigenvalue weighted by Gasteiger charge is -2.05. The van der Waals surface area contributed by atoms with Gasteiger partial charge in [-0.3, -0.25) is 4.68 Å². The van der Waals surface area contributed by atoms with E-state index in [2.05, 4.69) is 5.10 Å². The van der Waals surface area contributed by atoms with E-state index in [9.17, 15) is 0 Å². The van der Waals surface area contributed by atoms with Crippen molar-refractivity contribution in [1.29, 1.82) is 0 Å².